The standard InChI is InChI=1S/C14H10ClNO4/c15-11-6-7-13(16(18)19)12(8-11)14(17)20-9-10-4-2-1-3-5-10/h1-8H,9H2. The van der Waals surface area contributed by atoms with Crippen LogP contribution in [-0.2, 0) is 11.3 Å². The third-order valence-electron chi connectivity index (χ3n) is 2.59. The van der Waals surface area contributed by atoms with E-state index in [9.17, 15) is 14.9 Å². The number of carbonyl (C=O) groups is 1. The average molecular weight is 292 g/mol. The molecule has 6 heteroatoms. The molecule has 0 saturated heterocycles. The van der Waals surface area contributed by atoms with Crippen molar-refractivity contribution >= 4 is 23.3 Å². The van der Waals surface area contributed by atoms with E-state index in [4.69, 9.17) is 16.3 Å². The van der Waals surface area contributed by atoms with Crippen molar-refractivity contribution < 1.29 is 14.5 Å². The summed E-state index contributed by atoms with van der Waals surface area (Å²) in [6.45, 7) is 0.0450. The zero-order valence-corrected chi connectivity index (χ0v) is 11.0. The summed E-state index contributed by atoms with van der Waals surface area (Å²) in [6.07, 6.45) is 0. The first-order chi connectivity index (χ1) is 9.58. The number of benzene rings is 2. The summed E-state index contributed by atoms with van der Waals surface area (Å²) in [5, 5.41) is 11.1. The van der Waals surface area contributed by atoms with Crippen LogP contribution >= 0.6 is 11.6 Å². The molecule has 0 atom stereocenters. The fraction of sp³-hybridized carbons (Fsp3) is 0.0714. The van der Waals surface area contributed by atoms with E-state index in [0.29, 0.717) is 0 Å². The number of hydrogen-bond donors (Lipinski definition) is 0. The molecule has 5 nitrogen and oxygen atoms in total. The normalized spacial score (nSPS) is 10.1. The maximum atomic E-state index is 11.9. The molecule has 0 aliphatic rings. The second-order valence-electron chi connectivity index (χ2n) is 3.98. The smallest absolute Gasteiger partial charge is 0.345 e. The minimum Gasteiger partial charge on any atom is -0.457 e. The highest BCUT2D eigenvalue weighted by Gasteiger charge is 2.21. The Kier molecular flexibility index (Phi) is 4.32. The van der Waals surface area contributed by atoms with Gasteiger partial charge in [-0.25, -0.2) is 4.79 Å². The van der Waals surface area contributed by atoms with E-state index in [1.54, 1.807) is 12.1 Å². The molecule has 0 amide bonds. The number of nitro benzene ring substituents is 1. The van der Waals surface area contributed by atoms with Crippen LogP contribution in [0.3, 0.4) is 0 Å². The minimum absolute atomic E-state index is 0.0450. The number of ether oxygens (including phenoxy) is 1. The van der Waals surface area contributed by atoms with Crippen LogP contribution in [0.1, 0.15) is 15.9 Å². The molecule has 0 aliphatic heterocycles. The Balaban J connectivity index is 2.17. The van der Waals surface area contributed by atoms with E-state index >= 15 is 0 Å². The molecule has 0 aliphatic carbocycles. The molecule has 20 heavy (non-hydrogen) atoms. The van der Waals surface area contributed by atoms with Gasteiger partial charge in [0.25, 0.3) is 5.69 Å². The Hall–Kier alpha value is -2.40. The van der Waals surface area contributed by atoms with Gasteiger partial charge in [-0.3, -0.25) is 10.1 Å². The number of nitrogens with zero attached hydrogens (tertiary/aromatic N) is 1. The molecule has 0 radical (unpaired) electrons. The fourth-order valence-corrected chi connectivity index (χ4v) is 1.80. The summed E-state index contributed by atoms with van der Waals surface area (Å²) in [4.78, 5) is 22.1. The maximum absolute atomic E-state index is 11.9. The van der Waals surface area contributed by atoms with Crippen molar-refractivity contribution in [1.29, 1.82) is 0 Å². The van der Waals surface area contributed by atoms with Crippen molar-refractivity contribution in [1.82, 2.24) is 0 Å². The van der Waals surface area contributed by atoms with Crippen molar-refractivity contribution in [3.8, 4) is 0 Å². The first kappa shape index (κ1) is 14.0. The van der Waals surface area contributed by atoms with Gasteiger partial charge in [-0.1, -0.05) is 41.9 Å². The number of halogens is 1. The Morgan fingerprint density at radius 1 is 1.20 bits per heavy atom. The van der Waals surface area contributed by atoms with Crippen LogP contribution < -0.4 is 0 Å². The fourth-order valence-electron chi connectivity index (χ4n) is 1.63. The van der Waals surface area contributed by atoms with Gasteiger partial charge >= 0.3 is 5.97 Å². The molecule has 0 unspecified atom stereocenters. The SMILES string of the molecule is O=C(OCc1ccccc1)c1cc(Cl)ccc1[N+](=O)[O-]. The highest BCUT2D eigenvalue weighted by Crippen LogP contribution is 2.23. The minimum atomic E-state index is -0.775. The lowest BCUT2D eigenvalue weighted by Gasteiger charge is -2.05. The Labute approximate surface area is 119 Å². The molecule has 0 saturated carbocycles. The lowest BCUT2D eigenvalue weighted by Crippen LogP contribution is -2.08. The van der Waals surface area contributed by atoms with Crippen molar-refractivity contribution in [2.75, 3.05) is 0 Å². The van der Waals surface area contributed by atoms with Crippen LogP contribution in [0.5, 0.6) is 0 Å². The second kappa shape index (κ2) is 6.16. The third-order valence-corrected chi connectivity index (χ3v) is 2.82. The molecule has 0 N–H and O–H groups in total. The topological polar surface area (TPSA) is 69.4 Å². The lowest BCUT2D eigenvalue weighted by atomic mass is 10.2. The maximum Gasteiger partial charge on any atom is 0.345 e. The van der Waals surface area contributed by atoms with E-state index in [2.05, 4.69) is 0 Å². The molecule has 102 valence electrons. The van der Waals surface area contributed by atoms with Gasteiger partial charge in [-0.15, -0.1) is 0 Å². The van der Waals surface area contributed by atoms with Gasteiger partial charge in [-0.2, -0.15) is 0 Å². The summed E-state index contributed by atoms with van der Waals surface area (Å²) < 4.78 is 5.06. The van der Waals surface area contributed by atoms with E-state index in [1.807, 2.05) is 18.2 Å². The Morgan fingerprint density at radius 3 is 2.55 bits per heavy atom. The molecule has 0 heterocycles. The van der Waals surface area contributed by atoms with Crippen molar-refractivity contribution in [3.05, 3.63) is 74.8 Å². The van der Waals surface area contributed by atoms with E-state index in [1.165, 1.54) is 18.2 Å². The van der Waals surface area contributed by atoms with Crippen LogP contribution in [0.25, 0.3) is 0 Å². The summed E-state index contributed by atoms with van der Waals surface area (Å²) in [5.74, 6) is -0.775. The average Bonchev–Trinajstić information content (AvgIpc) is 2.45. The van der Waals surface area contributed by atoms with Crippen molar-refractivity contribution in [3.63, 3.8) is 0 Å². The number of nitro groups is 1. The molecular weight excluding hydrogens is 282 g/mol. The van der Waals surface area contributed by atoms with Crippen LogP contribution in [0.15, 0.2) is 48.5 Å². The van der Waals surface area contributed by atoms with Gasteiger partial charge < -0.3 is 4.74 Å². The molecular formula is C14H10ClNO4. The second-order valence-corrected chi connectivity index (χ2v) is 4.42. The number of hydrogen-bond acceptors (Lipinski definition) is 4. The van der Waals surface area contributed by atoms with Crippen LogP contribution in [0, 0.1) is 10.1 Å². The third kappa shape index (κ3) is 3.33. The van der Waals surface area contributed by atoms with E-state index < -0.39 is 10.9 Å². The van der Waals surface area contributed by atoms with Gasteiger partial charge in [-0.05, 0) is 17.7 Å². The van der Waals surface area contributed by atoms with Gasteiger partial charge in [0, 0.05) is 11.1 Å². The van der Waals surface area contributed by atoms with Gasteiger partial charge in [0.05, 0.1) is 4.92 Å². The number of rotatable bonds is 4. The summed E-state index contributed by atoms with van der Waals surface area (Å²) in [6, 6.07) is 12.8. The number of esters is 1. The molecule has 0 spiro atoms. The Morgan fingerprint density at radius 2 is 1.90 bits per heavy atom. The predicted octanol–water partition coefficient (Wildman–Crippen LogP) is 3.61. The largest absolute Gasteiger partial charge is 0.457 e. The predicted molar refractivity (Wildman–Crippen MR) is 73.7 cm³/mol. The van der Waals surface area contributed by atoms with Crippen LogP contribution in [-0.4, -0.2) is 10.9 Å². The molecule has 2 aromatic carbocycles. The first-order valence-electron chi connectivity index (χ1n) is 5.73. The first-order valence-corrected chi connectivity index (χ1v) is 6.10. The van der Waals surface area contributed by atoms with E-state index in [0.717, 1.165) is 5.56 Å². The quantitative estimate of drug-likeness (QED) is 0.490. The van der Waals surface area contributed by atoms with Crippen LogP contribution in [0.4, 0.5) is 5.69 Å². The van der Waals surface area contributed by atoms with Gasteiger partial charge in [0.2, 0.25) is 0 Å². The number of carbonyl (C=O) groups excluding carboxylic acids is 1. The highest BCUT2D eigenvalue weighted by molar-refractivity contribution is 6.31. The molecule has 0 fully saturated rings. The highest BCUT2D eigenvalue weighted by atomic mass is 35.5. The molecule has 0 bridgehead atoms. The van der Waals surface area contributed by atoms with E-state index in [-0.39, 0.29) is 22.9 Å². The van der Waals surface area contributed by atoms with Crippen molar-refractivity contribution in [2.45, 2.75) is 6.61 Å². The van der Waals surface area contributed by atoms with Gasteiger partial charge in [0.15, 0.2) is 0 Å². The summed E-state index contributed by atoms with van der Waals surface area (Å²) in [7, 11) is 0. The van der Waals surface area contributed by atoms with Gasteiger partial charge in [0.1, 0.15) is 12.2 Å². The Bertz CT molecular complexity index is 643. The molecule has 2 aromatic rings. The van der Waals surface area contributed by atoms with Crippen LogP contribution in [0.2, 0.25) is 5.02 Å². The summed E-state index contributed by atoms with van der Waals surface area (Å²) >= 11 is 5.75. The zero-order valence-electron chi connectivity index (χ0n) is 10.3. The molecule has 2 rings (SSSR count). The van der Waals surface area contributed by atoms with Crippen molar-refractivity contribution in [2.24, 2.45) is 0 Å². The zero-order chi connectivity index (χ0) is 14.5. The summed E-state index contributed by atoms with van der Waals surface area (Å²) in [5.41, 5.74) is 0.316. The monoisotopic (exact) mass is 291 g/mol. The lowest BCUT2D eigenvalue weighted by molar-refractivity contribution is -0.385. The molecule has 0 aromatic heterocycles.